The molecule has 3 unspecified atom stereocenters. The van der Waals surface area contributed by atoms with Crippen LogP contribution in [0.3, 0.4) is 0 Å². The van der Waals surface area contributed by atoms with Crippen molar-refractivity contribution in [3.63, 3.8) is 0 Å². The zero-order valence-corrected chi connectivity index (χ0v) is 61.3. The monoisotopic (exact) mass is 1340 g/mol. The van der Waals surface area contributed by atoms with Gasteiger partial charge in [-0.25, -0.2) is 9.13 Å². The van der Waals surface area contributed by atoms with Crippen LogP contribution in [0.15, 0.2) is 0 Å². The molecule has 540 valence electrons. The average Bonchev–Trinajstić information content (AvgIpc) is 3.70. The zero-order chi connectivity index (χ0) is 67.5. The van der Waals surface area contributed by atoms with E-state index in [2.05, 4.69) is 55.4 Å². The number of aliphatic hydroxyl groups excluding tert-OH is 1. The molecular weight excluding hydrogens is 1200 g/mol. The molecule has 0 rings (SSSR count). The topological polar surface area (TPSA) is 237 Å². The molecule has 0 heterocycles. The molecular formula is C72H140O17P2. The van der Waals surface area contributed by atoms with Gasteiger partial charge in [0.2, 0.25) is 0 Å². The van der Waals surface area contributed by atoms with Gasteiger partial charge in [-0.2, -0.15) is 0 Å². The van der Waals surface area contributed by atoms with Gasteiger partial charge in [0.15, 0.2) is 12.2 Å². The maximum atomic E-state index is 13.0. The molecule has 0 spiro atoms. The number of phosphoric acid groups is 2. The fraction of sp³-hybridized carbons (Fsp3) is 0.944. The predicted octanol–water partition coefficient (Wildman–Crippen LogP) is 20.5. The van der Waals surface area contributed by atoms with Crippen LogP contribution in [-0.2, 0) is 65.4 Å². The van der Waals surface area contributed by atoms with Crippen molar-refractivity contribution in [1.29, 1.82) is 0 Å². The van der Waals surface area contributed by atoms with Crippen molar-refractivity contribution >= 4 is 39.5 Å². The van der Waals surface area contributed by atoms with E-state index in [4.69, 9.17) is 37.0 Å². The molecule has 0 aromatic rings. The molecule has 0 bridgehead atoms. The Morgan fingerprint density at radius 3 is 0.780 bits per heavy atom. The van der Waals surface area contributed by atoms with Crippen molar-refractivity contribution < 1.29 is 80.2 Å². The van der Waals surface area contributed by atoms with Gasteiger partial charge in [0, 0.05) is 25.7 Å². The van der Waals surface area contributed by atoms with E-state index in [1.54, 1.807) is 0 Å². The van der Waals surface area contributed by atoms with Gasteiger partial charge >= 0.3 is 39.5 Å². The highest BCUT2D eigenvalue weighted by atomic mass is 31.2. The van der Waals surface area contributed by atoms with Crippen molar-refractivity contribution in [3.8, 4) is 0 Å². The van der Waals surface area contributed by atoms with E-state index in [-0.39, 0.29) is 25.7 Å². The summed E-state index contributed by atoms with van der Waals surface area (Å²) in [6, 6.07) is 0. The van der Waals surface area contributed by atoms with E-state index in [9.17, 15) is 43.2 Å². The first-order chi connectivity index (χ1) is 43.6. The van der Waals surface area contributed by atoms with Gasteiger partial charge in [-0.1, -0.05) is 306 Å². The second kappa shape index (κ2) is 61.6. The van der Waals surface area contributed by atoms with E-state index in [1.807, 2.05) is 0 Å². The maximum absolute atomic E-state index is 13.0. The number of aliphatic hydroxyl groups is 1. The minimum absolute atomic E-state index is 0.102. The molecule has 19 heteroatoms. The Labute approximate surface area is 556 Å². The van der Waals surface area contributed by atoms with E-state index in [0.29, 0.717) is 31.6 Å². The quantitative estimate of drug-likeness (QED) is 0.0222. The minimum Gasteiger partial charge on any atom is -0.462 e. The standard InChI is InChI=1S/C72H140O17P2/c1-9-65(8)51-43-35-29-31-37-45-53-70(75)83-59-67(88-71(76)54-46-38-27-23-19-15-11-13-17-21-25-33-41-49-63(4)5)60-86-90(78,79)84-56-66(73)57-85-91(80,81)87-61-68(89-72(77)55-47-39-30-28-34-42-50-64(6)7)58-82-69(74)52-44-36-26-22-18-14-10-12-16-20-24-32-40-48-62(2)3/h62-68,73H,9-61H2,1-8H3,(H,78,79)(H,80,81)/t65?,66-,67+,68+/m0/s1. The Morgan fingerprint density at radius 2 is 0.527 bits per heavy atom. The average molecular weight is 1340 g/mol. The number of rotatable bonds is 69. The van der Waals surface area contributed by atoms with E-state index >= 15 is 0 Å². The van der Waals surface area contributed by atoms with Crippen molar-refractivity contribution in [2.75, 3.05) is 39.6 Å². The summed E-state index contributed by atoms with van der Waals surface area (Å²) in [6.45, 7) is 14.1. The molecule has 0 aromatic heterocycles. The lowest BCUT2D eigenvalue weighted by molar-refractivity contribution is -0.161. The van der Waals surface area contributed by atoms with E-state index < -0.39 is 97.5 Å². The second-order valence-corrected chi connectivity index (χ2v) is 30.6. The molecule has 3 N–H and O–H groups in total. The van der Waals surface area contributed by atoms with Crippen LogP contribution in [0.5, 0.6) is 0 Å². The van der Waals surface area contributed by atoms with E-state index in [0.717, 1.165) is 114 Å². The number of carbonyl (C=O) groups is 4. The number of phosphoric ester groups is 2. The van der Waals surface area contributed by atoms with Crippen molar-refractivity contribution in [2.45, 2.75) is 375 Å². The SMILES string of the molecule is CCC(C)CCCCCCCCC(=O)OC[C@H](COP(=O)(O)OC[C@H](O)COP(=O)(O)OC[C@@H](COC(=O)CCCCCCCCCCCCCCCC(C)C)OC(=O)CCCCCCCCC(C)C)OC(=O)CCCCCCCCCCCCCCCC(C)C. The third kappa shape index (κ3) is 65.1. The summed E-state index contributed by atoms with van der Waals surface area (Å²) < 4.78 is 68.3. The number of carbonyl (C=O) groups excluding carboxylic acids is 4. The Morgan fingerprint density at radius 1 is 0.308 bits per heavy atom. The van der Waals surface area contributed by atoms with Crippen molar-refractivity contribution in [1.82, 2.24) is 0 Å². The van der Waals surface area contributed by atoms with Gasteiger partial charge in [0.1, 0.15) is 19.3 Å². The lowest BCUT2D eigenvalue weighted by Crippen LogP contribution is -2.30. The molecule has 91 heavy (non-hydrogen) atoms. The molecule has 0 aliphatic carbocycles. The summed E-state index contributed by atoms with van der Waals surface area (Å²) in [5, 5.41) is 10.6. The molecule has 0 radical (unpaired) electrons. The first kappa shape index (κ1) is 89.1. The smallest absolute Gasteiger partial charge is 0.462 e. The van der Waals surface area contributed by atoms with Crippen LogP contribution in [0.2, 0.25) is 0 Å². The predicted molar refractivity (Wildman–Crippen MR) is 367 cm³/mol. The van der Waals surface area contributed by atoms with Crippen LogP contribution in [-0.4, -0.2) is 96.7 Å². The van der Waals surface area contributed by atoms with Gasteiger partial charge in [-0.05, 0) is 49.4 Å². The first-order valence-corrected chi connectivity index (χ1v) is 40.2. The van der Waals surface area contributed by atoms with Crippen molar-refractivity contribution in [2.24, 2.45) is 23.7 Å². The van der Waals surface area contributed by atoms with Crippen molar-refractivity contribution in [3.05, 3.63) is 0 Å². The van der Waals surface area contributed by atoms with Gasteiger partial charge in [-0.3, -0.25) is 37.3 Å². The Hall–Kier alpha value is -1.94. The highest BCUT2D eigenvalue weighted by Gasteiger charge is 2.30. The summed E-state index contributed by atoms with van der Waals surface area (Å²) >= 11 is 0. The third-order valence-electron chi connectivity index (χ3n) is 16.9. The molecule has 0 aliphatic heterocycles. The second-order valence-electron chi connectivity index (χ2n) is 27.6. The van der Waals surface area contributed by atoms with Crippen LogP contribution in [0.1, 0.15) is 357 Å². The third-order valence-corrected chi connectivity index (χ3v) is 18.8. The lowest BCUT2D eigenvalue weighted by atomic mass is 10.00. The summed E-state index contributed by atoms with van der Waals surface area (Å²) in [6.07, 6.45) is 44.6. The minimum atomic E-state index is -4.95. The molecule has 6 atom stereocenters. The first-order valence-electron chi connectivity index (χ1n) is 37.2. The van der Waals surface area contributed by atoms with Gasteiger partial charge < -0.3 is 33.8 Å². The lowest BCUT2D eigenvalue weighted by Gasteiger charge is -2.21. The van der Waals surface area contributed by atoms with Gasteiger partial charge in [0.25, 0.3) is 0 Å². The van der Waals surface area contributed by atoms with Crippen LogP contribution < -0.4 is 0 Å². The molecule has 0 aliphatic rings. The fourth-order valence-corrected chi connectivity index (χ4v) is 12.4. The zero-order valence-electron chi connectivity index (χ0n) is 59.5. The summed E-state index contributed by atoms with van der Waals surface area (Å²) in [5.74, 6) is 0.847. The van der Waals surface area contributed by atoms with Crippen LogP contribution >= 0.6 is 15.6 Å². The summed E-state index contributed by atoms with van der Waals surface area (Å²) in [7, 11) is -9.90. The maximum Gasteiger partial charge on any atom is 0.472 e. The van der Waals surface area contributed by atoms with Crippen LogP contribution in [0.4, 0.5) is 0 Å². The molecule has 0 aromatic carbocycles. The Bertz CT molecular complexity index is 1800. The highest BCUT2D eigenvalue weighted by Crippen LogP contribution is 2.45. The number of ether oxygens (including phenoxy) is 4. The van der Waals surface area contributed by atoms with Crippen LogP contribution in [0.25, 0.3) is 0 Å². The highest BCUT2D eigenvalue weighted by molar-refractivity contribution is 7.47. The normalized spacial score (nSPS) is 14.5. The Kier molecular flexibility index (Phi) is 60.3. The largest absolute Gasteiger partial charge is 0.472 e. The van der Waals surface area contributed by atoms with E-state index in [1.165, 1.54) is 154 Å². The number of hydrogen-bond donors (Lipinski definition) is 3. The number of hydrogen-bond acceptors (Lipinski definition) is 15. The van der Waals surface area contributed by atoms with Crippen LogP contribution in [0, 0.1) is 23.7 Å². The molecule has 0 saturated carbocycles. The van der Waals surface area contributed by atoms with Gasteiger partial charge in [0.05, 0.1) is 26.4 Å². The number of unbranched alkanes of at least 4 members (excludes halogenated alkanes) is 34. The summed E-state index contributed by atoms with van der Waals surface area (Å²) in [4.78, 5) is 72.6. The number of esters is 4. The van der Waals surface area contributed by atoms with Gasteiger partial charge in [-0.15, -0.1) is 0 Å². The molecule has 17 nitrogen and oxygen atoms in total. The fourth-order valence-electron chi connectivity index (χ4n) is 10.8. The Balaban J connectivity index is 5.20. The molecule has 0 saturated heterocycles. The summed E-state index contributed by atoms with van der Waals surface area (Å²) in [5.41, 5.74) is 0. The molecule has 0 fully saturated rings. The molecule has 0 amide bonds.